The Kier molecular flexibility index (Phi) is 5.36. The second-order valence-corrected chi connectivity index (χ2v) is 7.96. The molecule has 0 spiro atoms. The Labute approximate surface area is 155 Å². The number of hydrogen-bond acceptors (Lipinski definition) is 6. The molecule has 2 bridgehead atoms. The molecule has 4 atom stereocenters. The summed E-state index contributed by atoms with van der Waals surface area (Å²) in [6, 6.07) is 1.93. The lowest BCUT2D eigenvalue weighted by molar-refractivity contribution is -0.127. The van der Waals surface area contributed by atoms with Gasteiger partial charge in [0.15, 0.2) is 0 Å². The van der Waals surface area contributed by atoms with Crippen LogP contribution in [0.2, 0.25) is 0 Å². The smallest absolute Gasteiger partial charge is 0.225 e. The van der Waals surface area contributed by atoms with Gasteiger partial charge in [-0.25, -0.2) is 9.97 Å². The van der Waals surface area contributed by atoms with Crippen LogP contribution in [0, 0.1) is 17.8 Å². The van der Waals surface area contributed by atoms with Crippen molar-refractivity contribution in [2.24, 2.45) is 23.5 Å². The lowest BCUT2D eigenvalue weighted by Crippen LogP contribution is -2.48. The maximum Gasteiger partial charge on any atom is 0.225 e. The summed E-state index contributed by atoms with van der Waals surface area (Å²) in [5, 5.41) is 3.14. The molecule has 3 fully saturated rings. The van der Waals surface area contributed by atoms with Crippen LogP contribution in [0.25, 0.3) is 0 Å². The van der Waals surface area contributed by atoms with Gasteiger partial charge in [0, 0.05) is 51.2 Å². The lowest BCUT2D eigenvalue weighted by atomic mass is 9.84. The van der Waals surface area contributed by atoms with E-state index < -0.39 is 0 Å². The van der Waals surface area contributed by atoms with Gasteiger partial charge in [0.1, 0.15) is 0 Å². The van der Waals surface area contributed by atoms with E-state index in [1.807, 2.05) is 6.07 Å². The number of carbonyl (C=O) groups excluding carboxylic acids is 1. The SMILES string of the molecule is NC1C2CCC(C2)C1C(=O)NCCCN1CCN(c2ncccn2)CC1. The maximum atomic E-state index is 12.5. The molecular weight excluding hydrogens is 328 g/mol. The van der Waals surface area contributed by atoms with Gasteiger partial charge in [0.05, 0.1) is 5.92 Å². The molecule has 2 aliphatic carbocycles. The molecule has 142 valence electrons. The number of fused-ring (bicyclic) bond motifs is 2. The minimum atomic E-state index is 0.0585. The van der Waals surface area contributed by atoms with Gasteiger partial charge in [0.25, 0.3) is 0 Å². The minimum absolute atomic E-state index is 0.0585. The van der Waals surface area contributed by atoms with Gasteiger partial charge in [-0.05, 0) is 50.1 Å². The summed E-state index contributed by atoms with van der Waals surface area (Å²) in [7, 11) is 0. The van der Waals surface area contributed by atoms with E-state index in [0.29, 0.717) is 11.8 Å². The zero-order valence-corrected chi connectivity index (χ0v) is 15.4. The maximum absolute atomic E-state index is 12.5. The van der Waals surface area contributed by atoms with Gasteiger partial charge in [-0.15, -0.1) is 0 Å². The molecule has 3 N–H and O–H groups in total. The summed E-state index contributed by atoms with van der Waals surface area (Å²) < 4.78 is 0. The van der Waals surface area contributed by atoms with Gasteiger partial charge in [0.2, 0.25) is 11.9 Å². The van der Waals surface area contributed by atoms with Crippen molar-refractivity contribution in [2.45, 2.75) is 31.7 Å². The summed E-state index contributed by atoms with van der Waals surface area (Å²) in [4.78, 5) is 25.8. The van der Waals surface area contributed by atoms with Crippen molar-refractivity contribution in [1.29, 1.82) is 0 Å². The first-order chi connectivity index (χ1) is 12.7. The van der Waals surface area contributed by atoms with Crippen LogP contribution in [0.5, 0.6) is 0 Å². The van der Waals surface area contributed by atoms with Crippen LogP contribution >= 0.6 is 0 Å². The van der Waals surface area contributed by atoms with Gasteiger partial charge in [-0.1, -0.05) is 0 Å². The Morgan fingerprint density at radius 3 is 2.58 bits per heavy atom. The second kappa shape index (κ2) is 7.88. The third-order valence-corrected chi connectivity index (χ3v) is 6.44. The molecule has 1 saturated heterocycles. The molecule has 1 aliphatic heterocycles. The first-order valence-corrected chi connectivity index (χ1v) is 10.00. The van der Waals surface area contributed by atoms with Crippen LogP contribution in [0.3, 0.4) is 0 Å². The van der Waals surface area contributed by atoms with Crippen LogP contribution < -0.4 is 16.0 Å². The van der Waals surface area contributed by atoms with Crippen molar-refractivity contribution >= 4 is 11.9 Å². The molecule has 4 rings (SSSR count). The van der Waals surface area contributed by atoms with Crippen LogP contribution in [0.15, 0.2) is 18.5 Å². The highest BCUT2D eigenvalue weighted by molar-refractivity contribution is 5.80. The molecule has 1 aromatic rings. The van der Waals surface area contributed by atoms with E-state index in [4.69, 9.17) is 5.73 Å². The number of rotatable bonds is 6. The Bertz CT molecular complexity index is 601. The zero-order valence-electron chi connectivity index (χ0n) is 15.4. The molecular formula is C19H30N6O. The predicted octanol–water partition coefficient (Wildman–Crippen LogP) is 0.478. The monoisotopic (exact) mass is 358 g/mol. The number of carbonyl (C=O) groups is 1. The Balaban J connectivity index is 1.13. The van der Waals surface area contributed by atoms with Crippen LogP contribution in [-0.2, 0) is 4.79 Å². The normalized spacial score (nSPS) is 31.3. The molecule has 4 unspecified atom stereocenters. The van der Waals surface area contributed by atoms with Gasteiger partial charge in [-0.3, -0.25) is 9.69 Å². The third-order valence-electron chi connectivity index (χ3n) is 6.44. The molecule has 2 saturated carbocycles. The third kappa shape index (κ3) is 3.69. The van der Waals surface area contributed by atoms with Gasteiger partial charge >= 0.3 is 0 Å². The van der Waals surface area contributed by atoms with E-state index in [0.717, 1.165) is 58.1 Å². The van der Waals surface area contributed by atoms with Crippen molar-refractivity contribution in [1.82, 2.24) is 20.2 Å². The Morgan fingerprint density at radius 1 is 1.15 bits per heavy atom. The fourth-order valence-corrected chi connectivity index (χ4v) is 4.98. The van der Waals surface area contributed by atoms with E-state index >= 15 is 0 Å². The Hall–Kier alpha value is -1.73. The Morgan fingerprint density at radius 2 is 1.88 bits per heavy atom. The summed E-state index contributed by atoms with van der Waals surface area (Å²) in [6.07, 6.45) is 8.14. The number of nitrogens with two attached hydrogens (primary N) is 1. The highest BCUT2D eigenvalue weighted by Crippen LogP contribution is 2.47. The number of piperazine rings is 1. The molecule has 7 heteroatoms. The van der Waals surface area contributed by atoms with Crippen molar-refractivity contribution in [3.05, 3.63) is 18.5 Å². The number of nitrogens with zero attached hydrogens (tertiary/aromatic N) is 4. The van der Waals surface area contributed by atoms with Crippen molar-refractivity contribution in [2.75, 3.05) is 44.2 Å². The fourth-order valence-electron chi connectivity index (χ4n) is 4.98. The number of hydrogen-bond donors (Lipinski definition) is 2. The number of amides is 1. The van der Waals surface area contributed by atoms with Crippen molar-refractivity contribution in [3.63, 3.8) is 0 Å². The highest BCUT2D eigenvalue weighted by Gasteiger charge is 2.48. The molecule has 1 amide bonds. The van der Waals surface area contributed by atoms with Crippen LogP contribution in [0.4, 0.5) is 5.95 Å². The van der Waals surface area contributed by atoms with E-state index in [9.17, 15) is 4.79 Å². The fraction of sp³-hybridized carbons (Fsp3) is 0.737. The van der Waals surface area contributed by atoms with E-state index in [1.165, 1.54) is 12.8 Å². The lowest BCUT2D eigenvalue weighted by Gasteiger charge is -2.34. The summed E-state index contributed by atoms with van der Waals surface area (Å²) in [5.41, 5.74) is 6.26. The minimum Gasteiger partial charge on any atom is -0.356 e. The zero-order chi connectivity index (χ0) is 17.9. The van der Waals surface area contributed by atoms with E-state index in [2.05, 4.69) is 25.1 Å². The highest BCUT2D eigenvalue weighted by atomic mass is 16.1. The van der Waals surface area contributed by atoms with Crippen molar-refractivity contribution < 1.29 is 4.79 Å². The van der Waals surface area contributed by atoms with Crippen LogP contribution in [-0.4, -0.2) is 66.1 Å². The average molecular weight is 358 g/mol. The molecule has 7 nitrogen and oxygen atoms in total. The first-order valence-electron chi connectivity index (χ1n) is 10.00. The number of nitrogens with one attached hydrogen (secondary N) is 1. The van der Waals surface area contributed by atoms with Gasteiger partial charge in [-0.2, -0.15) is 0 Å². The van der Waals surface area contributed by atoms with E-state index in [-0.39, 0.29) is 17.9 Å². The molecule has 2 heterocycles. The standard InChI is InChI=1S/C19H30N6O/c20-17-15-4-3-14(13-15)16(17)18(26)21-7-2-8-24-9-11-25(12-10-24)19-22-5-1-6-23-19/h1,5-6,14-17H,2-4,7-13,20H2,(H,21,26). The number of anilines is 1. The van der Waals surface area contributed by atoms with E-state index in [1.54, 1.807) is 12.4 Å². The quantitative estimate of drug-likeness (QED) is 0.719. The average Bonchev–Trinajstić information content (AvgIpc) is 3.27. The second-order valence-electron chi connectivity index (χ2n) is 7.96. The topological polar surface area (TPSA) is 87.4 Å². The molecule has 26 heavy (non-hydrogen) atoms. The van der Waals surface area contributed by atoms with Gasteiger partial charge < -0.3 is 16.0 Å². The number of aromatic nitrogens is 2. The van der Waals surface area contributed by atoms with Crippen molar-refractivity contribution in [3.8, 4) is 0 Å². The summed E-state index contributed by atoms with van der Waals surface area (Å²) in [5.74, 6) is 2.18. The molecule has 0 radical (unpaired) electrons. The molecule has 0 aromatic carbocycles. The largest absolute Gasteiger partial charge is 0.356 e. The summed E-state index contributed by atoms with van der Waals surface area (Å²) >= 11 is 0. The molecule has 3 aliphatic rings. The van der Waals surface area contributed by atoms with Crippen LogP contribution in [0.1, 0.15) is 25.7 Å². The summed E-state index contributed by atoms with van der Waals surface area (Å²) in [6.45, 7) is 5.72. The first kappa shape index (κ1) is 17.7. The predicted molar refractivity (Wildman–Crippen MR) is 101 cm³/mol. The molecule has 1 aromatic heterocycles.